The SMILES string of the molecule is C=CCn1c2ccccc2c2nnc(SCC(=O)Nc3nc4ccc(OCC)cc4s3)nc21. The molecule has 166 valence electrons. The number of nitrogens with zero attached hydrogens (tertiary/aromatic N) is 5. The highest BCUT2D eigenvalue weighted by molar-refractivity contribution is 7.99. The fourth-order valence-electron chi connectivity index (χ4n) is 3.56. The van der Waals surface area contributed by atoms with Crippen LogP contribution in [0.25, 0.3) is 32.3 Å². The van der Waals surface area contributed by atoms with Gasteiger partial charge < -0.3 is 14.6 Å². The van der Waals surface area contributed by atoms with Gasteiger partial charge in [-0.15, -0.1) is 16.8 Å². The Bertz CT molecular complexity index is 1490. The number of rotatable bonds is 8. The lowest BCUT2D eigenvalue weighted by molar-refractivity contribution is -0.113. The number of ether oxygens (including phenoxy) is 1. The highest BCUT2D eigenvalue weighted by atomic mass is 32.2. The summed E-state index contributed by atoms with van der Waals surface area (Å²) in [4.78, 5) is 21.7. The van der Waals surface area contributed by atoms with Gasteiger partial charge >= 0.3 is 0 Å². The van der Waals surface area contributed by atoms with Crippen LogP contribution in [-0.4, -0.2) is 43.0 Å². The van der Waals surface area contributed by atoms with E-state index in [1.54, 1.807) is 0 Å². The largest absolute Gasteiger partial charge is 0.494 e. The maximum atomic E-state index is 12.5. The van der Waals surface area contributed by atoms with Crippen LogP contribution in [0.15, 0.2) is 60.3 Å². The molecule has 0 bridgehead atoms. The Hall–Kier alpha value is -3.50. The molecule has 3 aromatic heterocycles. The third-order valence-corrected chi connectivity index (χ3v) is 6.69. The zero-order chi connectivity index (χ0) is 22.8. The zero-order valence-electron chi connectivity index (χ0n) is 17.8. The van der Waals surface area contributed by atoms with E-state index in [2.05, 4.69) is 32.1 Å². The second kappa shape index (κ2) is 9.16. The van der Waals surface area contributed by atoms with Gasteiger partial charge in [-0.25, -0.2) is 9.97 Å². The highest BCUT2D eigenvalue weighted by Crippen LogP contribution is 2.30. The van der Waals surface area contributed by atoms with Crippen molar-refractivity contribution in [2.75, 3.05) is 17.7 Å². The second-order valence-electron chi connectivity index (χ2n) is 7.10. The fourth-order valence-corrected chi connectivity index (χ4v) is 5.06. The van der Waals surface area contributed by atoms with Crippen molar-refractivity contribution in [1.82, 2.24) is 24.7 Å². The molecule has 0 atom stereocenters. The van der Waals surface area contributed by atoms with Crippen molar-refractivity contribution in [2.24, 2.45) is 0 Å². The normalized spacial score (nSPS) is 11.3. The molecule has 0 radical (unpaired) electrons. The second-order valence-corrected chi connectivity index (χ2v) is 9.07. The minimum Gasteiger partial charge on any atom is -0.494 e. The van der Waals surface area contributed by atoms with Crippen LogP contribution in [-0.2, 0) is 11.3 Å². The number of benzene rings is 2. The summed E-state index contributed by atoms with van der Waals surface area (Å²) in [6.07, 6.45) is 1.82. The Morgan fingerprint density at radius 2 is 2.12 bits per heavy atom. The van der Waals surface area contributed by atoms with Crippen molar-refractivity contribution in [2.45, 2.75) is 18.6 Å². The molecule has 2 aromatic carbocycles. The summed E-state index contributed by atoms with van der Waals surface area (Å²) in [7, 11) is 0. The Balaban J connectivity index is 1.31. The molecule has 0 fully saturated rings. The average molecular weight is 477 g/mol. The topological polar surface area (TPSA) is 94.8 Å². The van der Waals surface area contributed by atoms with E-state index in [-0.39, 0.29) is 11.7 Å². The number of fused-ring (bicyclic) bond motifs is 4. The summed E-state index contributed by atoms with van der Waals surface area (Å²) in [5.41, 5.74) is 3.31. The monoisotopic (exact) mass is 476 g/mol. The first-order valence-electron chi connectivity index (χ1n) is 10.3. The molecule has 0 saturated heterocycles. The van der Waals surface area contributed by atoms with E-state index in [9.17, 15) is 4.79 Å². The van der Waals surface area contributed by atoms with E-state index >= 15 is 0 Å². The molecule has 8 nitrogen and oxygen atoms in total. The fraction of sp³-hybridized carbons (Fsp3) is 0.174. The molecular weight excluding hydrogens is 456 g/mol. The number of allylic oxidation sites excluding steroid dienone is 1. The van der Waals surface area contributed by atoms with E-state index in [1.807, 2.05) is 60.0 Å². The standard InChI is InChI=1S/C23H20N6O2S2/c1-3-11-29-17-8-6-5-7-15(17)20-21(29)26-23(28-27-20)32-13-19(30)25-22-24-16-10-9-14(31-4-2)12-18(16)33-22/h3,5-10,12H,1,4,11,13H2,2H3,(H,24,25,30). The van der Waals surface area contributed by atoms with Crippen LogP contribution in [0.3, 0.4) is 0 Å². The Morgan fingerprint density at radius 1 is 1.24 bits per heavy atom. The van der Waals surface area contributed by atoms with Gasteiger partial charge in [0.05, 0.1) is 28.1 Å². The third kappa shape index (κ3) is 4.27. The summed E-state index contributed by atoms with van der Waals surface area (Å²) in [6.45, 7) is 6.99. The van der Waals surface area contributed by atoms with E-state index in [4.69, 9.17) is 4.74 Å². The van der Waals surface area contributed by atoms with Crippen molar-refractivity contribution in [3.8, 4) is 5.75 Å². The van der Waals surface area contributed by atoms with Gasteiger partial charge in [-0.3, -0.25) is 4.79 Å². The molecule has 3 heterocycles. The lowest BCUT2D eigenvalue weighted by Crippen LogP contribution is -2.14. The van der Waals surface area contributed by atoms with E-state index in [1.165, 1.54) is 23.1 Å². The van der Waals surface area contributed by atoms with Gasteiger partial charge in [0.2, 0.25) is 11.1 Å². The molecule has 0 aliphatic carbocycles. The molecule has 0 aliphatic rings. The van der Waals surface area contributed by atoms with Crippen LogP contribution in [0.5, 0.6) is 5.75 Å². The number of para-hydroxylation sites is 1. The van der Waals surface area contributed by atoms with Crippen molar-refractivity contribution in [3.63, 3.8) is 0 Å². The number of thiazole rings is 1. The van der Waals surface area contributed by atoms with E-state index in [0.717, 1.165) is 38.0 Å². The molecule has 1 amide bonds. The third-order valence-electron chi connectivity index (χ3n) is 4.92. The lowest BCUT2D eigenvalue weighted by Gasteiger charge is -2.03. The Labute approximate surface area is 197 Å². The van der Waals surface area contributed by atoms with Crippen LogP contribution in [0.2, 0.25) is 0 Å². The number of carbonyl (C=O) groups excluding carboxylic acids is 1. The maximum Gasteiger partial charge on any atom is 0.236 e. The minimum absolute atomic E-state index is 0.148. The number of hydrogen-bond acceptors (Lipinski definition) is 8. The predicted molar refractivity (Wildman–Crippen MR) is 133 cm³/mol. The van der Waals surface area contributed by atoms with Gasteiger partial charge in [-0.2, -0.15) is 0 Å². The molecule has 5 aromatic rings. The Kier molecular flexibility index (Phi) is 5.93. The Morgan fingerprint density at radius 3 is 2.97 bits per heavy atom. The van der Waals surface area contributed by atoms with Crippen LogP contribution in [0, 0.1) is 0 Å². The molecular formula is C23H20N6O2S2. The first-order valence-corrected chi connectivity index (χ1v) is 12.1. The van der Waals surface area contributed by atoms with Crippen LogP contribution in [0.1, 0.15) is 6.92 Å². The van der Waals surface area contributed by atoms with Crippen LogP contribution < -0.4 is 10.1 Å². The van der Waals surface area contributed by atoms with Crippen molar-refractivity contribution < 1.29 is 9.53 Å². The van der Waals surface area contributed by atoms with Gasteiger partial charge in [-0.05, 0) is 31.2 Å². The number of carbonyl (C=O) groups is 1. The number of anilines is 1. The quantitative estimate of drug-likeness (QED) is 0.251. The molecule has 33 heavy (non-hydrogen) atoms. The summed E-state index contributed by atoms with van der Waals surface area (Å²) in [5.74, 6) is 0.755. The molecule has 1 N–H and O–H groups in total. The summed E-state index contributed by atoms with van der Waals surface area (Å²) < 4.78 is 8.53. The minimum atomic E-state index is -0.181. The summed E-state index contributed by atoms with van der Waals surface area (Å²) >= 11 is 2.65. The summed E-state index contributed by atoms with van der Waals surface area (Å²) in [5, 5.41) is 13.4. The molecule has 0 saturated carbocycles. The number of thioether (sulfide) groups is 1. The van der Waals surface area contributed by atoms with Crippen molar-refractivity contribution in [1.29, 1.82) is 0 Å². The average Bonchev–Trinajstić information content (AvgIpc) is 3.36. The molecule has 0 spiro atoms. The van der Waals surface area contributed by atoms with Crippen LogP contribution in [0.4, 0.5) is 5.13 Å². The first kappa shape index (κ1) is 21.4. The lowest BCUT2D eigenvalue weighted by atomic mass is 10.2. The maximum absolute atomic E-state index is 12.5. The van der Waals surface area contributed by atoms with E-state index < -0.39 is 0 Å². The molecule has 5 rings (SSSR count). The molecule has 10 heteroatoms. The number of amides is 1. The molecule has 0 unspecified atom stereocenters. The first-order chi connectivity index (χ1) is 16.2. The predicted octanol–water partition coefficient (Wildman–Crippen LogP) is 4.90. The van der Waals surface area contributed by atoms with Crippen LogP contribution >= 0.6 is 23.1 Å². The van der Waals surface area contributed by atoms with Gasteiger partial charge in [0.25, 0.3) is 0 Å². The highest BCUT2D eigenvalue weighted by Gasteiger charge is 2.15. The van der Waals surface area contributed by atoms with Gasteiger partial charge in [0, 0.05) is 11.9 Å². The summed E-state index contributed by atoms with van der Waals surface area (Å²) in [6, 6.07) is 13.7. The van der Waals surface area contributed by atoms with Gasteiger partial charge in [0.15, 0.2) is 10.8 Å². The van der Waals surface area contributed by atoms with Crippen molar-refractivity contribution in [3.05, 3.63) is 55.1 Å². The van der Waals surface area contributed by atoms with E-state index in [0.29, 0.717) is 23.4 Å². The zero-order valence-corrected chi connectivity index (χ0v) is 19.4. The van der Waals surface area contributed by atoms with Gasteiger partial charge in [0.1, 0.15) is 11.3 Å². The number of aromatic nitrogens is 5. The van der Waals surface area contributed by atoms with Gasteiger partial charge in [-0.1, -0.05) is 47.4 Å². The number of hydrogen-bond donors (Lipinski definition) is 1. The molecule has 0 aliphatic heterocycles. The smallest absolute Gasteiger partial charge is 0.236 e. The number of nitrogens with one attached hydrogen (secondary N) is 1. The van der Waals surface area contributed by atoms with Crippen molar-refractivity contribution >= 4 is 66.4 Å².